The van der Waals surface area contributed by atoms with E-state index in [1.807, 2.05) is 18.2 Å². The Hall–Kier alpha value is -2.63. The summed E-state index contributed by atoms with van der Waals surface area (Å²) in [4.78, 5) is 40.5. The van der Waals surface area contributed by atoms with Gasteiger partial charge in [-0.15, -0.1) is 0 Å². The van der Waals surface area contributed by atoms with Gasteiger partial charge in [0.1, 0.15) is 5.54 Å². The van der Waals surface area contributed by atoms with Gasteiger partial charge in [0.25, 0.3) is 5.91 Å². The van der Waals surface area contributed by atoms with E-state index in [1.54, 1.807) is 36.1 Å². The van der Waals surface area contributed by atoms with E-state index in [4.69, 9.17) is 4.74 Å². The van der Waals surface area contributed by atoms with Crippen LogP contribution in [0, 0.1) is 0 Å². The lowest BCUT2D eigenvalue weighted by molar-refractivity contribution is -0.144. The first kappa shape index (κ1) is 16.2. The number of carbonyl (C=O) groups excluding carboxylic acids is 3. The minimum atomic E-state index is -0.992. The number of benzene rings is 1. The maximum atomic E-state index is 13.1. The molecule has 24 heavy (non-hydrogen) atoms. The summed E-state index contributed by atoms with van der Waals surface area (Å²) >= 11 is 0. The van der Waals surface area contributed by atoms with Gasteiger partial charge in [-0.1, -0.05) is 30.4 Å². The van der Waals surface area contributed by atoms with Crippen molar-refractivity contribution in [2.24, 2.45) is 0 Å². The van der Waals surface area contributed by atoms with E-state index in [2.05, 4.69) is 0 Å². The lowest BCUT2D eigenvalue weighted by atomic mass is 9.85. The van der Waals surface area contributed by atoms with Crippen LogP contribution in [0.1, 0.15) is 26.2 Å². The highest BCUT2D eigenvalue weighted by atomic mass is 16.5. The van der Waals surface area contributed by atoms with E-state index in [-0.39, 0.29) is 30.7 Å². The first-order valence-electron chi connectivity index (χ1n) is 8.12. The Morgan fingerprint density at radius 1 is 1.21 bits per heavy atom. The van der Waals surface area contributed by atoms with Crippen molar-refractivity contribution < 1.29 is 19.1 Å². The van der Waals surface area contributed by atoms with E-state index in [1.165, 1.54) is 4.90 Å². The van der Waals surface area contributed by atoms with E-state index < -0.39 is 5.54 Å². The highest BCUT2D eigenvalue weighted by Gasteiger charge is 2.57. The quantitative estimate of drug-likeness (QED) is 0.473. The molecule has 0 radical (unpaired) electrons. The molecule has 0 bridgehead atoms. The van der Waals surface area contributed by atoms with Gasteiger partial charge in [0.15, 0.2) is 0 Å². The molecular weight excluding hydrogens is 308 g/mol. The first-order valence-corrected chi connectivity index (χ1v) is 8.12. The Labute approximate surface area is 140 Å². The molecule has 2 aliphatic rings. The zero-order chi connectivity index (χ0) is 17.2. The number of imide groups is 1. The molecule has 6 heteroatoms. The molecule has 0 N–H and O–H groups in total. The molecular formula is C18H20N2O4. The summed E-state index contributed by atoms with van der Waals surface area (Å²) in [5.41, 5.74) is -0.438. The molecule has 6 nitrogen and oxygen atoms in total. The zero-order valence-corrected chi connectivity index (χ0v) is 13.6. The van der Waals surface area contributed by atoms with E-state index in [0.717, 1.165) is 0 Å². The van der Waals surface area contributed by atoms with Crippen molar-refractivity contribution in [3.8, 4) is 0 Å². The predicted octanol–water partition coefficient (Wildman–Crippen LogP) is 2.50. The summed E-state index contributed by atoms with van der Waals surface area (Å²) < 4.78 is 4.97. The van der Waals surface area contributed by atoms with E-state index >= 15 is 0 Å². The molecule has 0 saturated carbocycles. The number of fused-ring (bicyclic) bond motifs is 1. The first-order chi connectivity index (χ1) is 11.6. The molecule has 1 aromatic rings. The second-order valence-electron chi connectivity index (χ2n) is 5.88. The number of para-hydroxylation sites is 1. The Kier molecular flexibility index (Phi) is 4.38. The molecule has 1 saturated heterocycles. The Balaban J connectivity index is 1.90. The topological polar surface area (TPSA) is 66.9 Å². The van der Waals surface area contributed by atoms with Crippen molar-refractivity contribution in [2.75, 3.05) is 18.1 Å². The highest BCUT2D eigenvalue weighted by Crippen LogP contribution is 2.39. The van der Waals surface area contributed by atoms with Crippen LogP contribution in [0.3, 0.4) is 0 Å². The van der Waals surface area contributed by atoms with E-state index in [0.29, 0.717) is 25.3 Å². The van der Waals surface area contributed by atoms with Crippen LogP contribution in [0.2, 0.25) is 0 Å². The van der Waals surface area contributed by atoms with Gasteiger partial charge in [-0.25, -0.2) is 9.69 Å². The Morgan fingerprint density at radius 3 is 2.67 bits per heavy atom. The highest BCUT2D eigenvalue weighted by molar-refractivity contribution is 6.23. The van der Waals surface area contributed by atoms with Crippen LogP contribution in [0.15, 0.2) is 42.5 Å². The largest absolute Gasteiger partial charge is 0.466 e. The number of anilines is 1. The fraction of sp³-hybridized carbons (Fsp3) is 0.389. The summed E-state index contributed by atoms with van der Waals surface area (Å²) in [6.45, 7) is 2.42. The standard InChI is InChI=1S/C18H20N2O4/c1-2-24-15(21)10-12-18-11-6-7-13-19(18)17(23)20(16(18)22)14-8-4-3-5-9-14/h3-9H,2,10-13H2,1H3. The average Bonchev–Trinajstić information content (AvgIpc) is 2.83. The van der Waals surface area contributed by atoms with Crippen molar-refractivity contribution in [2.45, 2.75) is 31.7 Å². The van der Waals surface area contributed by atoms with Crippen molar-refractivity contribution in [3.63, 3.8) is 0 Å². The summed E-state index contributed by atoms with van der Waals surface area (Å²) in [5, 5.41) is 0. The van der Waals surface area contributed by atoms with Gasteiger partial charge in [-0.05, 0) is 31.9 Å². The van der Waals surface area contributed by atoms with Crippen LogP contribution >= 0.6 is 0 Å². The number of rotatable bonds is 5. The van der Waals surface area contributed by atoms with Crippen molar-refractivity contribution in [3.05, 3.63) is 42.5 Å². The SMILES string of the molecule is CCOC(=O)CCC12CC=CCN1C(=O)N(c1ccccc1)C2=O. The third-order valence-corrected chi connectivity index (χ3v) is 4.51. The molecule has 0 aromatic heterocycles. The van der Waals surface area contributed by atoms with Crippen LogP contribution in [0.5, 0.6) is 0 Å². The van der Waals surface area contributed by atoms with Crippen LogP contribution in [0.4, 0.5) is 10.5 Å². The molecule has 0 spiro atoms. The molecule has 1 fully saturated rings. The van der Waals surface area contributed by atoms with Gasteiger partial charge in [0.2, 0.25) is 0 Å². The number of urea groups is 1. The number of ether oxygens (including phenoxy) is 1. The monoisotopic (exact) mass is 328 g/mol. The maximum Gasteiger partial charge on any atom is 0.332 e. The number of nitrogens with zero attached hydrogens (tertiary/aromatic N) is 2. The normalized spacial score (nSPS) is 22.7. The molecule has 3 rings (SSSR count). The molecule has 126 valence electrons. The second kappa shape index (κ2) is 6.47. The molecule has 0 aliphatic carbocycles. The van der Waals surface area contributed by atoms with Gasteiger partial charge in [0, 0.05) is 13.0 Å². The van der Waals surface area contributed by atoms with Gasteiger partial charge in [-0.3, -0.25) is 9.59 Å². The number of hydrogen-bond donors (Lipinski definition) is 0. The predicted molar refractivity (Wildman–Crippen MR) is 88.4 cm³/mol. The van der Waals surface area contributed by atoms with Crippen molar-refractivity contribution in [1.82, 2.24) is 4.90 Å². The number of amides is 3. The number of hydrogen-bond acceptors (Lipinski definition) is 4. The van der Waals surface area contributed by atoms with Gasteiger partial charge >= 0.3 is 12.0 Å². The molecule has 2 aliphatic heterocycles. The fourth-order valence-corrected chi connectivity index (χ4v) is 3.31. The minimum Gasteiger partial charge on any atom is -0.466 e. The van der Waals surface area contributed by atoms with Crippen LogP contribution < -0.4 is 4.90 Å². The van der Waals surface area contributed by atoms with Gasteiger partial charge < -0.3 is 9.64 Å². The third-order valence-electron chi connectivity index (χ3n) is 4.51. The van der Waals surface area contributed by atoms with Crippen LogP contribution in [-0.4, -0.2) is 41.5 Å². The summed E-state index contributed by atoms with van der Waals surface area (Å²) in [5.74, 6) is -0.618. The summed E-state index contributed by atoms with van der Waals surface area (Å²) in [7, 11) is 0. The Morgan fingerprint density at radius 2 is 1.96 bits per heavy atom. The van der Waals surface area contributed by atoms with Gasteiger partial charge in [0.05, 0.1) is 12.3 Å². The molecule has 1 unspecified atom stereocenters. The lowest BCUT2D eigenvalue weighted by Crippen LogP contribution is -2.51. The lowest BCUT2D eigenvalue weighted by Gasteiger charge is -2.36. The van der Waals surface area contributed by atoms with Gasteiger partial charge in [-0.2, -0.15) is 0 Å². The summed E-state index contributed by atoms with van der Waals surface area (Å²) in [6.07, 6.45) is 4.58. The minimum absolute atomic E-state index is 0.111. The van der Waals surface area contributed by atoms with Crippen molar-refractivity contribution in [1.29, 1.82) is 0 Å². The number of esters is 1. The molecule has 2 heterocycles. The molecule has 3 amide bonds. The van der Waals surface area contributed by atoms with E-state index in [9.17, 15) is 14.4 Å². The maximum absolute atomic E-state index is 13.1. The second-order valence-corrected chi connectivity index (χ2v) is 5.88. The number of carbonyl (C=O) groups is 3. The molecule has 1 atom stereocenters. The van der Waals surface area contributed by atoms with Crippen LogP contribution in [0.25, 0.3) is 0 Å². The fourth-order valence-electron chi connectivity index (χ4n) is 3.31. The third kappa shape index (κ3) is 2.58. The summed E-state index contributed by atoms with van der Waals surface area (Å²) in [6, 6.07) is 8.55. The zero-order valence-electron chi connectivity index (χ0n) is 13.6. The molecule has 1 aromatic carbocycles. The Bertz CT molecular complexity index is 686. The van der Waals surface area contributed by atoms with Crippen LogP contribution in [-0.2, 0) is 14.3 Å². The van der Waals surface area contributed by atoms with Crippen molar-refractivity contribution >= 4 is 23.6 Å². The smallest absolute Gasteiger partial charge is 0.332 e. The average molecular weight is 328 g/mol.